The molecule has 0 aliphatic heterocycles. The van der Waals surface area contributed by atoms with E-state index in [9.17, 15) is 18.0 Å². The van der Waals surface area contributed by atoms with Gasteiger partial charge in [-0.3, -0.25) is 9.59 Å². The van der Waals surface area contributed by atoms with E-state index in [2.05, 4.69) is 10.4 Å². The molecule has 1 aromatic carbocycles. The minimum atomic E-state index is -3.57. The van der Waals surface area contributed by atoms with Gasteiger partial charge in [-0.15, -0.1) is 0 Å². The molecule has 2 aromatic rings. The van der Waals surface area contributed by atoms with Gasteiger partial charge < -0.3 is 5.32 Å². The fraction of sp³-hybridized carbons (Fsp3) is 0.500. The van der Waals surface area contributed by atoms with Crippen molar-refractivity contribution in [3.05, 3.63) is 38.9 Å². The van der Waals surface area contributed by atoms with Crippen molar-refractivity contribution in [1.82, 2.24) is 14.1 Å². The fourth-order valence-corrected chi connectivity index (χ4v) is 5.38. The van der Waals surface area contributed by atoms with Gasteiger partial charge in [-0.05, 0) is 44.0 Å². The molecule has 0 radical (unpaired) electrons. The summed E-state index contributed by atoms with van der Waals surface area (Å²) >= 11 is 0.981. The smallest absolute Gasteiger partial charge is 0.324 e. The highest BCUT2D eigenvalue weighted by Gasteiger charge is 2.28. The van der Waals surface area contributed by atoms with Crippen molar-refractivity contribution in [2.24, 2.45) is 0 Å². The summed E-state index contributed by atoms with van der Waals surface area (Å²) in [6.07, 6.45) is 5.04. The zero-order chi connectivity index (χ0) is 20.3. The van der Waals surface area contributed by atoms with E-state index in [-0.39, 0.29) is 22.4 Å². The van der Waals surface area contributed by atoms with Crippen molar-refractivity contribution in [1.29, 1.82) is 0 Å². The summed E-state index contributed by atoms with van der Waals surface area (Å²) < 4.78 is 28.3. The Bertz CT molecular complexity index is 989. The lowest BCUT2D eigenvalue weighted by atomic mass is 9.96. The van der Waals surface area contributed by atoms with Crippen LogP contribution in [0.15, 0.2) is 34.0 Å². The highest BCUT2D eigenvalue weighted by molar-refractivity contribution is 7.89. The van der Waals surface area contributed by atoms with Gasteiger partial charge in [0.25, 0.3) is 0 Å². The Hall–Kier alpha value is -2.04. The first-order valence-electron chi connectivity index (χ1n) is 9.20. The number of hydrogen-bond acceptors (Lipinski definition) is 6. The van der Waals surface area contributed by atoms with Crippen LogP contribution >= 0.6 is 11.3 Å². The summed E-state index contributed by atoms with van der Waals surface area (Å²) in [5.74, 6) is -0.401. The van der Waals surface area contributed by atoms with Crippen LogP contribution in [0, 0.1) is 6.92 Å². The number of nitrogens with one attached hydrogen (secondary N) is 1. The van der Waals surface area contributed by atoms with Gasteiger partial charge in [0, 0.05) is 18.8 Å². The third-order valence-corrected chi connectivity index (χ3v) is 7.59. The molecule has 1 N–H and O–H groups in total. The van der Waals surface area contributed by atoms with Crippen LogP contribution in [0.5, 0.6) is 0 Å². The van der Waals surface area contributed by atoms with Crippen molar-refractivity contribution in [2.45, 2.75) is 56.5 Å². The highest BCUT2D eigenvalue weighted by Crippen LogP contribution is 2.26. The van der Waals surface area contributed by atoms with Crippen molar-refractivity contribution in [3.8, 4) is 0 Å². The Morgan fingerprint density at radius 1 is 1.25 bits per heavy atom. The van der Waals surface area contributed by atoms with Crippen molar-refractivity contribution < 1.29 is 13.2 Å². The number of sulfonamides is 1. The molecule has 1 aromatic heterocycles. The van der Waals surface area contributed by atoms with E-state index >= 15 is 0 Å². The average Bonchev–Trinajstić information content (AvgIpc) is 2.99. The summed E-state index contributed by atoms with van der Waals surface area (Å²) in [6.45, 7) is 1.51. The molecule has 1 saturated carbocycles. The number of carbonyl (C=O) groups is 1. The van der Waals surface area contributed by atoms with Crippen molar-refractivity contribution in [3.63, 3.8) is 0 Å². The lowest BCUT2D eigenvalue weighted by Gasteiger charge is -2.30. The lowest BCUT2D eigenvalue weighted by Crippen LogP contribution is -2.38. The summed E-state index contributed by atoms with van der Waals surface area (Å²) in [5, 5.41) is 7.23. The first kappa shape index (κ1) is 20.7. The number of carbonyl (C=O) groups excluding carboxylic acids is 1. The quantitative estimate of drug-likeness (QED) is 0.766. The van der Waals surface area contributed by atoms with Gasteiger partial charge in [0.2, 0.25) is 15.9 Å². The van der Waals surface area contributed by atoms with E-state index in [1.165, 1.54) is 16.4 Å². The van der Waals surface area contributed by atoms with Crippen LogP contribution < -0.4 is 10.2 Å². The standard InChI is InChI=1S/C18H24N4O4S2/c1-13-20-22(18(24)27-13)12-17(23)19-14-8-10-16(11-9-14)28(25,26)21(2)15-6-4-3-5-7-15/h8-11,15H,3-7,12H2,1-2H3,(H,19,23). The molecular weight excluding hydrogens is 400 g/mol. The van der Waals surface area contributed by atoms with Crippen LogP contribution in [0.1, 0.15) is 37.1 Å². The summed E-state index contributed by atoms with van der Waals surface area (Å²) in [6, 6.07) is 6.12. The predicted octanol–water partition coefficient (Wildman–Crippen LogP) is 2.21. The first-order chi connectivity index (χ1) is 13.3. The van der Waals surface area contributed by atoms with E-state index < -0.39 is 15.9 Å². The van der Waals surface area contributed by atoms with Gasteiger partial charge in [0.15, 0.2) is 0 Å². The largest absolute Gasteiger partial charge is 0.325 e. The Kier molecular flexibility index (Phi) is 6.31. The van der Waals surface area contributed by atoms with Crippen molar-refractivity contribution >= 4 is 33.0 Å². The van der Waals surface area contributed by atoms with Crippen LogP contribution in [-0.4, -0.2) is 41.5 Å². The van der Waals surface area contributed by atoms with Crippen LogP contribution in [0.3, 0.4) is 0 Å². The molecule has 0 atom stereocenters. The van der Waals surface area contributed by atoms with E-state index in [1.807, 2.05) is 0 Å². The summed E-state index contributed by atoms with van der Waals surface area (Å²) in [7, 11) is -1.94. The van der Waals surface area contributed by atoms with Gasteiger partial charge in [0.1, 0.15) is 11.6 Å². The molecule has 3 rings (SSSR count). The monoisotopic (exact) mass is 424 g/mol. The second kappa shape index (κ2) is 8.54. The van der Waals surface area contributed by atoms with E-state index in [4.69, 9.17) is 0 Å². The molecule has 0 bridgehead atoms. The fourth-order valence-electron chi connectivity index (χ4n) is 3.36. The van der Waals surface area contributed by atoms with Crippen molar-refractivity contribution in [2.75, 3.05) is 12.4 Å². The number of benzene rings is 1. The maximum Gasteiger partial charge on any atom is 0.325 e. The Balaban J connectivity index is 1.66. The van der Waals surface area contributed by atoms with Crippen LogP contribution in [0.2, 0.25) is 0 Å². The Morgan fingerprint density at radius 3 is 2.46 bits per heavy atom. The maximum atomic E-state index is 12.8. The number of amides is 1. The number of hydrogen-bond donors (Lipinski definition) is 1. The SMILES string of the molecule is Cc1nn(CC(=O)Nc2ccc(S(=O)(=O)N(C)C3CCCCC3)cc2)c(=O)s1. The van der Waals surface area contributed by atoms with E-state index in [0.29, 0.717) is 10.7 Å². The zero-order valence-electron chi connectivity index (χ0n) is 15.9. The molecule has 28 heavy (non-hydrogen) atoms. The summed E-state index contributed by atoms with van der Waals surface area (Å²) in [4.78, 5) is 23.7. The van der Waals surface area contributed by atoms with E-state index in [0.717, 1.165) is 48.1 Å². The van der Waals surface area contributed by atoms with Gasteiger partial charge in [-0.25, -0.2) is 13.1 Å². The van der Waals surface area contributed by atoms with Gasteiger partial charge in [-0.1, -0.05) is 30.6 Å². The average molecular weight is 425 g/mol. The zero-order valence-corrected chi connectivity index (χ0v) is 17.6. The third-order valence-electron chi connectivity index (χ3n) is 4.90. The van der Waals surface area contributed by atoms with Gasteiger partial charge >= 0.3 is 4.87 Å². The predicted molar refractivity (Wildman–Crippen MR) is 108 cm³/mol. The Labute approximate surface area is 168 Å². The third kappa shape index (κ3) is 4.68. The van der Waals surface area contributed by atoms with E-state index in [1.54, 1.807) is 26.1 Å². The Morgan fingerprint density at radius 2 is 1.89 bits per heavy atom. The molecule has 1 aliphatic rings. The van der Waals surface area contributed by atoms with Crippen LogP contribution in [-0.2, 0) is 21.4 Å². The number of nitrogens with zero attached hydrogens (tertiary/aromatic N) is 3. The van der Waals surface area contributed by atoms with Crippen LogP contribution in [0.4, 0.5) is 5.69 Å². The number of rotatable bonds is 6. The second-order valence-corrected chi connectivity index (χ2v) is 10.1. The summed E-state index contributed by atoms with van der Waals surface area (Å²) in [5.41, 5.74) is 0.462. The lowest BCUT2D eigenvalue weighted by molar-refractivity contribution is -0.116. The second-order valence-electron chi connectivity index (χ2n) is 6.93. The molecular formula is C18H24N4O4S2. The molecule has 0 saturated heterocycles. The van der Waals surface area contributed by atoms with Crippen LogP contribution in [0.25, 0.3) is 0 Å². The molecule has 1 amide bonds. The molecule has 8 nitrogen and oxygen atoms in total. The molecule has 0 spiro atoms. The molecule has 152 valence electrons. The molecule has 1 fully saturated rings. The normalized spacial score (nSPS) is 15.7. The minimum Gasteiger partial charge on any atom is -0.324 e. The number of aromatic nitrogens is 2. The topological polar surface area (TPSA) is 101 Å². The van der Waals surface area contributed by atoms with Gasteiger partial charge in [-0.2, -0.15) is 9.40 Å². The van der Waals surface area contributed by atoms with Gasteiger partial charge in [0.05, 0.1) is 4.90 Å². The molecule has 1 heterocycles. The number of anilines is 1. The molecule has 1 aliphatic carbocycles. The molecule has 0 unspecified atom stereocenters. The number of aryl methyl sites for hydroxylation is 1. The minimum absolute atomic E-state index is 0.0398. The maximum absolute atomic E-state index is 12.8. The first-order valence-corrected chi connectivity index (χ1v) is 11.5. The highest BCUT2D eigenvalue weighted by atomic mass is 32.2. The molecule has 10 heteroatoms.